The Morgan fingerprint density at radius 3 is 2.42 bits per heavy atom. The molecule has 0 aliphatic carbocycles. The summed E-state index contributed by atoms with van der Waals surface area (Å²) in [5, 5.41) is 39.1. The van der Waals surface area contributed by atoms with E-state index in [2.05, 4.69) is 0 Å². The van der Waals surface area contributed by atoms with Gasteiger partial charge in [0.15, 0.2) is 12.4 Å². The predicted molar refractivity (Wildman–Crippen MR) is 60.3 cm³/mol. The number of benzene rings is 1. The zero-order valence-corrected chi connectivity index (χ0v) is 9.39. The van der Waals surface area contributed by atoms with Gasteiger partial charge < -0.3 is 21.1 Å². The summed E-state index contributed by atoms with van der Waals surface area (Å²) in [6.45, 7) is 0. The van der Waals surface area contributed by atoms with Crippen LogP contribution in [0.15, 0.2) is 12.1 Å². The van der Waals surface area contributed by atoms with Gasteiger partial charge in [-0.3, -0.25) is 19.7 Å². The fourth-order valence-corrected chi connectivity index (χ4v) is 1.41. The molecule has 0 spiro atoms. The molecule has 2 unspecified atom stereocenters. The van der Waals surface area contributed by atoms with Gasteiger partial charge >= 0.3 is 0 Å². The van der Waals surface area contributed by atoms with Crippen LogP contribution >= 0.6 is 0 Å². The van der Waals surface area contributed by atoms with E-state index in [4.69, 9.17) is 5.73 Å². The molecule has 102 valence electrons. The third-order valence-electron chi connectivity index (χ3n) is 2.40. The van der Waals surface area contributed by atoms with Crippen molar-refractivity contribution in [3.8, 4) is 5.75 Å². The number of amides is 1. The summed E-state index contributed by atoms with van der Waals surface area (Å²) in [6.07, 6.45) is -3.93. The largest absolute Gasteiger partial charge is 0.507 e. The van der Waals surface area contributed by atoms with Gasteiger partial charge in [-0.1, -0.05) is 0 Å². The van der Waals surface area contributed by atoms with Gasteiger partial charge in [0.1, 0.15) is 11.9 Å². The number of aliphatic hydroxyl groups excluding tert-OH is 2. The van der Waals surface area contributed by atoms with Crippen molar-refractivity contribution >= 4 is 17.9 Å². The molecule has 0 heterocycles. The highest BCUT2D eigenvalue weighted by Gasteiger charge is 2.29. The van der Waals surface area contributed by atoms with E-state index in [-0.39, 0.29) is 6.29 Å². The fraction of sp³-hybridized carbons (Fsp3) is 0.200. The van der Waals surface area contributed by atoms with Crippen LogP contribution < -0.4 is 5.73 Å². The Labute approximate surface area is 106 Å². The molecule has 5 N–H and O–H groups in total. The second-order valence-corrected chi connectivity index (χ2v) is 3.64. The minimum Gasteiger partial charge on any atom is -0.507 e. The highest BCUT2D eigenvalue weighted by atomic mass is 16.6. The Morgan fingerprint density at radius 2 is 2.00 bits per heavy atom. The second kappa shape index (κ2) is 5.42. The number of phenols is 1. The molecule has 9 nitrogen and oxygen atoms in total. The Balaban J connectivity index is 3.40. The molecule has 1 rings (SSSR count). The normalized spacial score (nSPS) is 13.6. The van der Waals surface area contributed by atoms with E-state index in [9.17, 15) is 35.0 Å². The van der Waals surface area contributed by atoms with Crippen LogP contribution in [-0.4, -0.2) is 38.5 Å². The van der Waals surface area contributed by atoms with Crippen molar-refractivity contribution in [2.24, 2.45) is 5.73 Å². The van der Waals surface area contributed by atoms with E-state index in [1.54, 1.807) is 0 Å². The van der Waals surface area contributed by atoms with Gasteiger partial charge in [0.25, 0.3) is 5.69 Å². The Kier molecular flexibility index (Phi) is 4.14. The molecule has 1 amide bonds. The lowest BCUT2D eigenvalue weighted by Gasteiger charge is -2.16. The van der Waals surface area contributed by atoms with Crippen LogP contribution in [0.2, 0.25) is 0 Å². The van der Waals surface area contributed by atoms with Gasteiger partial charge in [0.05, 0.1) is 10.5 Å². The minimum atomic E-state index is -2.08. The number of phenolic OH excluding ortho intramolecular Hbond substituents is 1. The van der Waals surface area contributed by atoms with Crippen LogP contribution in [0.4, 0.5) is 5.69 Å². The number of nitro benzene ring substituents is 1. The topological polar surface area (TPSA) is 164 Å². The van der Waals surface area contributed by atoms with Gasteiger partial charge in [-0.2, -0.15) is 0 Å². The molecule has 9 heteroatoms. The van der Waals surface area contributed by atoms with E-state index in [0.29, 0.717) is 0 Å². The first-order chi connectivity index (χ1) is 8.79. The maximum Gasteiger partial charge on any atom is 0.270 e. The zero-order valence-electron chi connectivity index (χ0n) is 9.39. The van der Waals surface area contributed by atoms with Crippen molar-refractivity contribution in [2.75, 3.05) is 0 Å². The number of primary amides is 1. The van der Waals surface area contributed by atoms with Gasteiger partial charge in [-0.25, -0.2) is 0 Å². The molecule has 0 bridgehead atoms. The summed E-state index contributed by atoms with van der Waals surface area (Å²) in [7, 11) is 0. The summed E-state index contributed by atoms with van der Waals surface area (Å²) in [4.78, 5) is 31.2. The highest BCUT2D eigenvalue weighted by molar-refractivity contribution is 5.83. The number of hydrogen-bond donors (Lipinski definition) is 4. The van der Waals surface area contributed by atoms with Crippen LogP contribution in [0.5, 0.6) is 5.75 Å². The van der Waals surface area contributed by atoms with E-state index in [1.807, 2.05) is 0 Å². The molecule has 0 fully saturated rings. The third-order valence-corrected chi connectivity index (χ3v) is 2.40. The predicted octanol–water partition coefficient (Wildman–Crippen LogP) is -1.01. The maximum absolute atomic E-state index is 10.7. The smallest absolute Gasteiger partial charge is 0.270 e. The van der Waals surface area contributed by atoms with Gasteiger partial charge in [0.2, 0.25) is 5.91 Å². The quantitative estimate of drug-likeness (QED) is 0.302. The number of nitrogens with zero attached hydrogens (tertiary/aromatic N) is 1. The minimum absolute atomic E-state index is 0.134. The maximum atomic E-state index is 10.7. The Morgan fingerprint density at radius 1 is 1.42 bits per heavy atom. The molecule has 0 aliphatic heterocycles. The molecule has 0 aromatic heterocycles. The molecule has 19 heavy (non-hydrogen) atoms. The lowest BCUT2D eigenvalue weighted by molar-refractivity contribution is -0.385. The van der Waals surface area contributed by atoms with E-state index in [1.165, 1.54) is 0 Å². The Bertz CT molecular complexity index is 543. The van der Waals surface area contributed by atoms with Crippen molar-refractivity contribution in [2.45, 2.75) is 12.2 Å². The number of aldehydes is 1. The number of carbonyl (C=O) groups excluding carboxylic acids is 2. The molecule has 0 radical (unpaired) electrons. The first kappa shape index (κ1) is 14.5. The monoisotopic (exact) mass is 270 g/mol. The van der Waals surface area contributed by atoms with Crippen LogP contribution in [0.3, 0.4) is 0 Å². The van der Waals surface area contributed by atoms with Crippen LogP contribution in [-0.2, 0) is 4.79 Å². The molecule has 1 aromatic rings. The lowest BCUT2D eigenvalue weighted by atomic mass is 9.99. The van der Waals surface area contributed by atoms with Crippen LogP contribution in [0, 0.1) is 10.1 Å². The summed E-state index contributed by atoms with van der Waals surface area (Å²) in [6, 6.07) is 1.52. The average Bonchev–Trinajstić information content (AvgIpc) is 2.36. The first-order valence-corrected chi connectivity index (χ1v) is 4.91. The van der Waals surface area contributed by atoms with Crippen LogP contribution in [0.25, 0.3) is 0 Å². The number of carbonyl (C=O) groups is 2. The molecule has 1 aromatic carbocycles. The van der Waals surface area contributed by atoms with Crippen molar-refractivity contribution in [1.29, 1.82) is 0 Å². The number of non-ortho nitro benzene ring substituents is 1. The number of nitro groups is 1. The van der Waals surface area contributed by atoms with E-state index in [0.717, 1.165) is 12.1 Å². The summed E-state index contributed by atoms with van der Waals surface area (Å²) >= 11 is 0. The lowest BCUT2D eigenvalue weighted by Crippen LogP contribution is -2.34. The first-order valence-electron chi connectivity index (χ1n) is 4.91. The average molecular weight is 270 g/mol. The Hall–Kier alpha value is -2.52. The van der Waals surface area contributed by atoms with Gasteiger partial charge in [-0.15, -0.1) is 0 Å². The van der Waals surface area contributed by atoms with E-state index >= 15 is 0 Å². The van der Waals surface area contributed by atoms with E-state index < -0.39 is 45.6 Å². The van der Waals surface area contributed by atoms with Crippen LogP contribution in [0.1, 0.15) is 22.0 Å². The van der Waals surface area contributed by atoms with Gasteiger partial charge in [-0.05, 0) is 0 Å². The van der Waals surface area contributed by atoms with Crippen molar-refractivity contribution in [3.63, 3.8) is 0 Å². The SMILES string of the molecule is NC(=O)C(O)C(O)c1cc([N+](=O)[O-])cc(C=O)c1O. The van der Waals surface area contributed by atoms with Gasteiger partial charge in [0, 0.05) is 17.7 Å². The summed E-state index contributed by atoms with van der Waals surface area (Å²) in [5.41, 5.74) is 3.17. The third kappa shape index (κ3) is 2.84. The van der Waals surface area contributed by atoms with Crippen molar-refractivity contribution < 1.29 is 29.8 Å². The number of aromatic hydroxyl groups is 1. The second-order valence-electron chi connectivity index (χ2n) is 3.64. The standard InChI is InChI=1S/C10H10N2O7/c11-10(17)9(16)8(15)6-2-5(12(18)19)1-4(3-13)7(6)14/h1-3,8-9,14-16H,(H2,11,17). The fourth-order valence-electron chi connectivity index (χ4n) is 1.41. The number of aliphatic hydroxyl groups is 2. The molecular weight excluding hydrogens is 260 g/mol. The zero-order chi connectivity index (χ0) is 14.7. The number of hydrogen-bond acceptors (Lipinski definition) is 7. The molecule has 0 aliphatic rings. The molecule has 2 atom stereocenters. The molecule has 0 saturated heterocycles. The molecule has 0 saturated carbocycles. The summed E-state index contributed by atoms with van der Waals surface area (Å²) < 4.78 is 0. The summed E-state index contributed by atoms with van der Waals surface area (Å²) in [5.74, 6) is -2.06. The number of rotatable bonds is 5. The molecular formula is C10H10N2O7. The van der Waals surface area contributed by atoms with Crippen molar-refractivity contribution in [3.05, 3.63) is 33.4 Å². The number of nitrogens with two attached hydrogens (primary N) is 1. The van der Waals surface area contributed by atoms with Crippen molar-refractivity contribution in [1.82, 2.24) is 0 Å². The highest BCUT2D eigenvalue weighted by Crippen LogP contribution is 2.33.